The topological polar surface area (TPSA) is 126 Å². The third-order valence-electron chi connectivity index (χ3n) is 3.29. The Morgan fingerprint density at radius 2 is 2.08 bits per heavy atom. The highest BCUT2D eigenvalue weighted by atomic mass is 32.1. The molecule has 1 aliphatic rings. The highest BCUT2D eigenvalue weighted by Crippen LogP contribution is 2.19. The minimum Gasteiger partial charge on any atom is -0.350 e. The molecule has 1 atom stereocenters. The summed E-state index contributed by atoms with van der Waals surface area (Å²) in [7, 11) is 0. The lowest BCUT2D eigenvalue weighted by Crippen LogP contribution is -2.31. The summed E-state index contributed by atoms with van der Waals surface area (Å²) in [6.45, 7) is 0.283. The molecular weight excluding hydrogens is 332 g/mol. The number of carbonyl (C=O) groups is 3. The van der Waals surface area contributed by atoms with Gasteiger partial charge in [0.1, 0.15) is 6.04 Å². The zero-order chi connectivity index (χ0) is 16.9. The molecule has 124 valence electrons. The van der Waals surface area contributed by atoms with Crippen molar-refractivity contribution in [3.8, 4) is 10.8 Å². The average molecular weight is 346 g/mol. The molecule has 4 amide bonds. The quantitative estimate of drug-likeness (QED) is 0.642. The van der Waals surface area contributed by atoms with Crippen molar-refractivity contribution < 1.29 is 14.4 Å². The van der Waals surface area contributed by atoms with Crippen LogP contribution in [-0.4, -0.2) is 38.8 Å². The first-order valence-corrected chi connectivity index (χ1v) is 8.09. The van der Waals surface area contributed by atoms with E-state index in [9.17, 15) is 14.4 Å². The van der Waals surface area contributed by atoms with Crippen LogP contribution in [-0.2, 0) is 16.1 Å². The second kappa shape index (κ2) is 7.13. The lowest BCUT2D eigenvalue weighted by Gasteiger charge is -2.07. The first kappa shape index (κ1) is 16.0. The van der Waals surface area contributed by atoms with Crippen molar-refractivity contribution in [1.82, 2.24) is 30.9 Å². The van der Waals surface area contributed by atoms with Crippen LogP contribution in [0.25, 0.3) is 10.8 Å². The van der Waals surface area contributed by atoms with E-state index in [-0.39, 0.29) is 25.3 Å². The molecule has 0 spiro atoms. The molecule has 0 aromatic carbocycles. The molecule has 2 aromatic rings. The Bertz CT molecular complexity index is 763. The van der Waals surface area contributed by atoms with Crippen LogP contribution in [0.5, 0.6) is 0 Å². The number of rotatable bonds is 6. The first-order chi connectivity index (χ1) is 11.6. The Balaban J connectivity index is 1.46. The summed E-state index contributed by atoms with van der Waals surface area (Å²) >= 11 is 1.40. The standard InChI is InChI=1S/C14H14N6O3S/c21-10(3-2-9-12(22)20-14(23)19-9)17-6-8-7-24-13(18-8)11-15-4-1-5-16-11/h1,4-5,7,9H,2-3,6H2,(H,17,21)(H2,19,20,22,23)/t9-/m1/s1. The van der Waals surface area contributed by atoms with E-state index >= 15 is 0 Å². The number of hydrogen-bond donors (Lipinski definition) is 3. The van der Waals surface area contributed by atoms with Crippen LogP contribution in [0.3, 0.4) is 0 Å². The highest BCUT2D eigenvalue weighted by molar-refractivity contribution is 7.13. The maximum atomic E-state index is 11.8. The monoisotopic (exact) mass is 346 g/mol. The third kappa shape index (κ3) is 3.90. The maximum Gasteiger partial charge on any atom is 0.322 e. The molecule has 0 unspecified atom stereocenters. The molecule has 0 bridgehead atoms. The summed E-state index contributed by atoms with van der Waals surface area (Å²) in [4.78, 5) is 46.8. The molecule has 2 aromatic heterocycles. The summed E-state index contributed by atoms with van der Waals surface area (Å²) in [6, 6.07) is 0.554. The van der Waals surface area contributed by atoms with Gasteiger partial charge in [0.15, 0.2) is 10.8 Å². The molecule has 10 heteroatoms. The van der Waals surface area contributed by atoms with Gasteiger partial charge in [-0.05, 0) is 12.5 Å². The third-order valence-corrected chi connectivity index (χ3v) is 4.18. The van der Waals surface area contributed by atoms with Gasteiger partial charge < -0.3 is 10.6 Å². The number of urea groups is 1. The lowest BCUT2D eigenvalue weighted by atomic mass is 10.1. The molecule has 0 saturated carbocycles. The van der Waals surface area contributed by atoms with Crippen LogP contribution in [0.15, 0.2) is 23.8 Å². The van der Waals surface area contributed by atoms with E-state index in [1.165, 1.54) is 11.3 Å². The predicted octanol–water partition coefficient (Wildman–Crippen LogP) is 0.204. The summed E-state index contributed by atoms with van der Waals surface area (Å²) in [5.41, 5.74) is 0.711. The van der Waals surface area contributed by atoms with Gasteiger partial charge in [-0.3, -0.25) is 14.9 Å². The van der Waals surface area contributed by atoms with Crippen molar-refractivity contribution in [2.75, 3.05) is 0 Å². The van der Waals surface area contributed by atoms with Gasteiger partial charge in [0.2, 0.25) is 5.91 Å². The Labute approximate surface area is 140 Å². The summed E-state index contributed by atoms with van der Waals surface area (Å²) < 4.78 is 0. The number of nitrogens with one attached hydrogen (secondary N) is 3. The zero-order valence-electron chi connectivity index (χ0n) is 12.5. The van der Waals surface area contributed by atoms with Crippen molar-refractivity contribution in [1.29, 1.82) is 0 Å². The van der Waals surface area contributed by atoms with E-state index < -0.39 is 18.0 Å². The minimum atomic E-state index is -0.649. The smallest absolute Gasteiger partial charge is 0.322 e. The Morgan fingerprint density at radius 1 is 1.29 bits per heavy atom. The van der Waals surface area contributed by atoms with E-state index in [4.69, 9.17) is 0 Å². The molecular formula is C14H14N6O3S. The largest absolute Gasteiger partial charge is 0.350 e. The van der Waals surface area contributed by atoms with Crippen molar-refractivity contribution in [3.63, 3.8) is 0 Å². The van der Waals surface area contributed by atoms with Gasteiger partial charge >= 0.3 is 6.03 Å². The molecule has 1 fully saturated rings. The molecule has 0 aliphatic carbocycles. The van der Waals surface area contributed by atoms with Crippen LogP contribution >= 0.6 is 11.3 Å². The fourth-order valence-electron chi connectivity index (χ4n) is 2.12. The van der Waals surface area contributed by atoms with Crippen LogP contribution in [0.4, 0.5) is 4.79 Å². The van der Waals surface area contributed by atoms with E-state index in [0.717, 1.165) is 0 Å². The summed E-state index contributed by atoms with van der Waals surface area (Å²) in [6.07, 6.45) is 3.67. The molecule has 24 heavy (non-hydrogen) atoms. The van der Waals surface area contributed by atoms with E-state index in [2.05, 4.69) is 30.9 Å². The van der Waals surface area contributed by atoms with Gasteiger partial charge in [0.25, 0.3) is 5.91 Å². The van der Waals surface area contributed by atoms with Gasteiger partial charge in [0.05, 0.1) is 12.2 Å². The Morgan fingerprint density at radius 3 is 2.79 bits per heavy atom. The van der Waals surface area contributed by atoms with Gasteiger partial charge in [-0.1, -0.05) is 0 Å². The van der Waals surface area contributed by atoms with E-state index in [1.807, 2.05) is 5.38 Å². The second-order valence-electron chi connectivity index (χ2n) is 5.05. The molecule has 3 rings (SSSR count). The summed E-state index contributed by atoms with van der Waals surface area (Å²) in [5.74, 6) is -0.0719. The lowest BCUT2D eigenvalue weighted by molar-refractivity contribution is -0.122. The number of nitrogens with zero attached hydrogens (tertiary/aromatic N) is 3. The van der Waals surface area contributed by atoms with Crippen LogP contribution in [0.1, 0.15) is 18.5 Å². The molecule has 3 N–H and O–H groups in total. The fourth-order valence-corrected chi connectivity index (χ4v) is 2.88. The van der Waals surface area contributed by atoms with Crippen LogP contribution < -0.4 is 16.0 Å². The van der Waals surface area contributed by atoms with Gasteiger partial charge in [-0.25, -0.2) is 19.7 Å². The van der Waals surface area contributed by atoms with Gasteiger partial charge in [-0.15, -0.1) is 11.3 Å². The number of imide groups is 1. The Kier molecular flexibility index (Phi) is 4.75. The highest BCUT2D eigenvalue weighted by Gasteiger charge is 2.29. The molecule has 9 nitrogen and oxygen atoms in total. The predicted molar refractivity (Wildman–Crippen MR) is 84.7 cm³/mol. The van der Waals surface area contributed by atoms with Crippen molar-refractivity contribution in [2.24, 2.45) is 0 Å². The van der Waals surface area contributed by atoms with Crippen LogP contribution in [0.2, 0.25) is 0 Å². The van der Waals surface area contributed by atoms with Gasteiger partial charge in [0, 0.05) is 24.2 Å². The first-order valence-electron chi connectivity index (χ1n) is 7.21. The summed E-state index contributed by atoms with van der Waals surface area (Å²) in [5, 5.41) is 9.82. The SMILES string of the molecule is O=C(CC[C@H]1NC(=O)NC1=O)NCc1csc(-c2ncccn2)n1. The zero-order valence-corrected chi connectivity index (χ0v) is 13.3. The normalized spacial score (nSPS) is 16.6. The van der Waals surface area contributed by atoms with E-state index in [0.29, 0.717) is 16.5 Å². The second-order valence-corrected chi connectivity index (χ2v) is 5.91. The maximum absolute atomic E-state index is 11.8. The number of thiazole rings is 1. The minimum absolute atomic E-state index is 0.136. The van der Waals surface area contributed by atoms with Crippen molar-refractivity contribution in [3.05, 3.63) is 29.5 Å². The fraction of sp³-hybridized carbons (Fsp3) is 0.286. The molecule has 3 heterocycles. The van der Waals surface area contributed by atoms with Crippen LogP contribution in [0, 0.1) is 0 Å². The van der Waals surface area contributed by atoms with Crippen molar-refractivity contribution >= 4 is 29.2 Å². The van der Waals surface area contributed by atoms with Crippen molar-refractivity contribution in [2.45, 2.75) is 25.4 Å². The average Bonchev–Trinajstić information content (AvgIpc) is 3.18. The molecule has 1 saturated heterocycles. The number of hydrogen-bond acceptors (Lipinski definition) is 7. The van der Waals surface area contributed by atoms with Gasteiger partial charge in [-0.2, -0.15) is 0 Å². The number of amides is 4. The number of aromatic nitrogens is 3. The molecule has 0 radical (unpaired) electrons. The Hall–Kier alpha value is -2.88. The number of carbonyl (C=O) groups excluding carboxylic acids is 3. The molecule has 1 aliphatic heterocycles. The van der Waals surface area contributed by atoms with E-state index in [1.54, 1.807) is 18.5 Å².